The average molecular weight is 309 g/mol. The maximum atomic E-state index is 12.6. The van der Waals surface area contributed by atoms with Gasteiger partial charge in [0, 0.05) is 11.1 Å². The number of amides is 1. The largest absolute Gasteiger partial charge is 0.480 e. The summed E-state index contributed by atoms with van der Waals surface area (Å²) in [6.07, 6.45) is 1.69. The molecular formula is C17H15N3O3. The highest BCUT2D eigenvalue weighted by Crippen LogP contribution is 2.16. The first-order valence-electron chi connectivity index (χ1n) is 7.13. The molecule has 23 heavy (non-hydrogen) atoms. The molecule has 0 aliphatic rings. The lowest BCUT2D eigenvalue weighted by Crippen LogP contribution is -2.38. The van der Waals surface area contributed by atoms with Crippen LogP contribution in [0.4, 0.5) is 5.69 Å². The van der Waals surface area contributed by atoms with Crippen molar-refractivity contribution in [3.63, 3.8) is 0 Å². The highest BCUT2D eigenvalue weighted by atomic mass is 16.4. The molecule has 1 heterocycles. The summed E-state index contributed by atoms with van der Waals surface area (Å²) < 4.78 is 1.58. The van der Waals surface area contributed by atoms with Crippen LogP contribution in [0.1, 0.15) is 0 Å². The third kappa shape index (κ3) is 3.21. The molecule has 3 aromatic rings. The molecule has 0 fully saturated rings. The van der Waals surface area contributed by atoms with Crippen LogP contribution in [0.3, 0.4) is 0 Å². The quantitative estimate of drug-likeness (QED) is 0.783. The van der Waals surface area contributed by atoms with E-state index in [-0.39, 0.29) is 19.0 Å². The minimum atomic E-state index is -1.06. The van der Waals surface area contributed by atoms with E-state index in [1.807, 2.05) is 30.3 Å². The zero-order valence-electron chi connectivity index (χ0n) is 12.3. The third-order valence-corrected chi connectivity index (χ3v) is 3.50. The molecule has 6 heteroatoms. The minimum Gasteiger partial charge on any atom is -0.480 e. The Hall–Kier alpha value is -3.15. The number of carboxylic acids is 1. The number of carbonyl (C=O) groups is 2. The van der Waals surface area contributed by atoms with Gasteiger partial charge in [0.05, 0.1) is 11.7 Å². The van der Waals surface area contributed by atoms with Gasteiger partial charge >= 0.3 is 5.97 Å². The van der Waals surface area contributed by atoms with E-state index in [4.69, 9.17) is 5.11 Å². The van der Waals surface area contributed by atoms with Crippen LogP contribution in [0, 0.1) is 0 Å². The van der Waals surface area contributed by atoms with Crippen LogP contribution in [-0.4, -0.2) is 33.3 Å². The van der Waals surface area contributed by atoms with Gasteiger partial charge in [-0.05, 0) is 18.2 Å². The van der Waals surface area contributed by atoms with Gasteiger partial charge in [-0.3, -0.25) is 19.2 Å². The van der Waals surface area contributed by atoms with Crippen molar-refractivity contribution < 1.29 is 14.7 Å². The van der Waals surface area contributed by atoms with Crippen LogP contribution in [0.15, 0.2) is 60.8 Å². The van der Waals surface area contributed by atoms with Crippen molar-refractivity contribution in [3.8, 4) is 0 Å². The van der Waals surface area contributed by atoms with Crippen LogP contribution in [-0.2, 0) is 16.1 Å². The number of rotatable bonds is 5. The van der Waals surface area contributed by atoms with Crippen molar-refractivity contribution in [3.05, 3.63) is 60.8 Å². The van der Waals surface area contributed by atoms with Gasteiger partial charge in [-0.2, -0.15) is 5.10 Å². The number of carbonyl (C=O) groups excluding carboxylic acids is 1. The second-order valence-corrected chi connectivity index (χ2v) is 5.07. The molecule has 0 aliphatic carbocycles. The molecule has 0 atom stereocenters. The monoisotopic (exact) mass is 309 g/mol. The number of aliphatic carboxylic acids is 1. The number of hydrogen-bond donors (Lipinski definition) is 1. The summed E-state index contributed by atoms with van der Waals surface area (Å²) in [5.41, 5.74) is 1.39. The van der Waals surface area contributed by atoms with Crippen molar-refractivity contribution in [1.82, 2.24) is 9.78 Å². The van der Waals surface area contributed by atoms with Crippen molar-refractivity contribution in [2.24, 2.45) is 0 Å². The van der Waals surface area contributed by atoms with Crippen LogP contribution >= 0.6 is 0 Å². The molecule has 1 N–H and O–H groups in total. The predicted molar refractivity (Wildman–Crippen MR) is 86.2 cm³/mol. The van der Waals surface area contributed by atoms with E-state index in [1.54, 1.807) is 35.1 Å². The summed E-state index contributed by atoms with van der Waals surface area (Å²) in [7, 11) is 0. The van der Waals surface area contributed by atoms with E-state index in [1.165, 1.54) is 4.90 Å². The molecule has 2 aromatic carbocycles. The van der Waals surface area contributed by atoms with Gasteiger partial charge in [-0.1, -0.05) is 36.4 Å². The second-order valence-electron chi connectivity index (χ2n) is 5.07. The maximum absolute atomic E-state index is 12.6. The van der Waals surface area contributed by atoms with Gasteiger partial charge in [0.25, 0.3) is 0 Å². The highest BCUT2D eigenvalue weighted by Gasteiger charge is 2.19. The van der Waals surface area contributed by atoms with Gasteiger partial charge in [-0.25, -0.2) is 0 Å². The number of para-hydroxylation sites is 2. The number of nitrogens with zero attached hydrogens (tertiary/aromatic N) is 3. The smallest absolute Gasteiger partial charge is 0.323 e. The highest BCUT2D eigenvalue weighted by molar-refractivity contribution is 5.97. The van der Waals surface area contributed by atoms with Crippen molar-refractivity contribution in [2.75, 3.05) is 11.4 Å². The Balaban J connectivity index is 1.88. The van der Waals surface area contributed by atoms with E-state index < -0.39 is 5.97 Å². The Labute approximate surface area is 132 Å². The summed E-state index contributed by atoms with van der Waals surface area (Å²) in [5.74, 6) is -1.39. The van der Waals surface area contributed by atoms with Gasteiger partial charge in [0.1, 0.15) is 13.1 Å². The summed E-state index contributed by atoms with van der Waals surface area (Å²) >= 11 is 0. The number of carboxylic acid groups (broad SMARTS) is 1. The lowest BCUT2D eigenvalue weighted by Gasteiger charge is -2.21. The van der Waals surface area contributed by atoms with E-state index in [9.17, 15) is 9.59 Å². The lowest BCUT2D eigenvalue weighted by atomic mass is 10.2. The Morgan fingerprint density at radius 2 is 1.74 bits per heavy atom. The fraction of sp³-hybridized carbons (Fsp3) is 0.118. The Kier molecular flexibility index (Phi) is 4.05. The maximum Gasteiger partial charge on any atom is 0.323 e. The Bertz CT molecular complexity index is 842. The second kappa shape index (κ2) is 6.31. The Morgan fingerprint density at radius 1 is 1.04 bits per heavy atom. The number of aromatic nitrogens is 2. The molecule has 3 rings (SSSR count). The van der Waals surface area contributed by atoms with Crippen LogP contribution in [0.25, 0.3) is 10.9 Å². The van der Waals surface area contributed by atoms with E-state index in [0.29, 0.717) is 5.69 Å². The normalized spacial score (nSPS) is 10.6. The summed E-state index contributed by atoms with van der Waals surface area (Å²) in [5, 5.41) is 14.2. The third-order valence-electron chi connectivity index (χ3n) is 3.50. The van der Waals surface area contributed by atoms with Gasteiger partial charge in [0.2, 0.25) is 5.91 Å². The summed E-state index contributed by atoms with van der Waals surface area (Å²) in [6.45, 7) is -0.405. The van der Waals surface area contributed by atoms with Crippen molar-refractivity contribution in [2.45, 2.75) is 6.54 Å². The molecule has 0 bridgehead atoms. The fourth-order valence-corrected chi connectivity index (χ4v) is 2.43. The lowest BCUT2D eigenvalue weighted by molar-refractivity contribution is -0.136. The number of benzene rings is 2. The summed E-state index contributed by atoms with van der Waals surface area (Å²) in [6, 6.07) is 16.3. The molecule has 1 aromatic heterocycles. The van der Waals surface area contributed by atoms with Gasteiger partial charge < -0.3 is 5.11 Å². The van der Waals surface area contributed by atoms with E-state index in [2.05, 4.69) is 5.10 Å². The first kappa shape index (κ1) is 14.8. The van der Waals surface area contributed by atoms with Crippen LogP contribution < -0.4 is 4.90 Å². The van der Waals surface area contributed by atoms with Crippen molar-refractivity contribution >= 4 is 28.5 Å². The van der Waals surface area contributed by atoms with E-state index >= 15 is 0 Å². The molecule has 0 saturated heterocycles. The Morgan fingerprint density at radius 3 is 2.48 bits per heavy atom. The SMILES string of the molecule is O=C(O)CN(C(=O)Cn1ncc2ccccc21)c1ccccc1. The molecule has 0 spiro atoms. The van der Waals surface area contributed by atoms with Crippen LogP contribution in [0.5, 0.6) is 0 Å². The molecule has 0 radical (unpaired) electrons. The zero-order valence-corrected chi connectivity index (χ0v) is 12.3. The summed E-state index contributed by atoms with van der Waals surface area (Å²) in [4.78, 5) is 24.9. The molecular weight excluding hydrogens is 294 g/mol. The topological polar surface area (TPSA) is 75.4 Å². The number of anilines is 1. The average Bonchev–Trinajstić information content (AvgIpc) is 2.96. The predicted octanol–water partition coefficient (Wildman–Crippen LogP) is 2.15. The number of fused-ring (bicyclic) bond motifs is 1. The van der Waals surface area contributed by atoms with E-state index in [0.717, 1.165) is 10.9 Å². The van der Waals surface area contributed by atoms with Crippen molar-refractivity contribution in [1.29, 1.82) is 0 Å². The molecule has 0 saturated carbocycles. The molecule has 116 valence electrons. The first-order valence-corrected chi connectivity index (χ1v) is 7.13. The minimum absolute atomic E-state index is 0.0182. The van der Waals surface area contributed by atoms with Gasteiger partial charge in [0.15, 0.2) is 0 Å². The number of hydrogen-bond acceptors (Lipinski definition) is 3. The zero-order chi connectivity index (χ0) is 16.2. The van der Waals surface area contributed by atoms with Gasteiger partial charge in [-0.15, -0.1) is 0 Å². The fourth-order valence-electron chi connectivity index (χ4n) is 2.43. The molecule has 6 nitrogen and oxygen atoms in total. The molecule has 1 amide bonds. The van der Waals surface area contributed by atoms with Crippen LogP contribution in [0.2, 0.25) is 0 Å². The molecule has 0 aliphatic heterocycles. The first-order chi connectivity index (χ1) is 11.1. The molecule has 0 unspecified atom stereocenters. The standard InChI is InChI=1S/C17H15N3O3/c21-16(11-20-15-9-5-4-6-13(15)10-18-20)19(12-17(22)23)14-7-2-1-3-8-14/h1-10H,11-12H2,(H,22,23).